The molecular weight excluding hydrogens is 540 g/mol. The fraction of sp³-hybridized carbons (Fsp3) is 0.188. The molecule has 0 spiro atoms. The summed E-state index contributed by atoms with van der Waals surface area (Å²) in [6.07, 6.45) is 0. The van der Waals surface area contributed by atoms with Crippen LogP contribution in [0.5, 0.6) is 34.5 Å². The molecule has 4 aromatic rings. The van der Waals surface area contributed by atoms with Gasteiger partial charge in [-0.15, -0.1) is 0 Å². The van der Waals surface area contributed by atoms with E-state index in [1.54, 1.807) is 24.3 Å². The molecule has 218 valence electrons. The molecule has 42 heavy (non-hydrogen) atoms. The lowest BCUT2D eigenvalue weighted by molar-refractivity contribution is 0.101. The largest absolute Gasteiger partial charge is 0.493 e. The average Bonchev–Trinajstić information content (AvgIpc) is 3.03. The average molecular weight is 573 g/mol. The maximum Gasteiger partial charge on any atom is 0.255 e. The van der Waals surface area contributed by atoms with Crippen molar-refractivity contribution in [2.24, 2.45) is 0 Å². The van der Waals surface area contributed by atoms with Crippen LogP contribution in [-0.4, -0.2) is 54.5 Å². The Morgan fingerprint density at radius 2 is 0.738 bits per heavy atom. The number of carbonyl (C=O) groups excluding carboxylic acids is 2. The summed E-state index contributed by atoms with van der Waals surface area (Å²) < 4.78 is 32.0. The van der Waals surface area contributed by atoms with Gasteiger partial charge in [-0.25, -0.2) is 0 Å². The third-order valence-corrected chi connectivity index (χ3v) is 6.47. The Hall–Kier alpha value is -5.38. The molecule has 0 heterocycles. The van der Waals surface area contributed by atoms with Gasteiger partial charge in [-0.05, 0) is 59.7 Å². The van der Waals surface area contributed by atoms with Crippen molar-refractivity contribution in [2.45, 2.75) is 0 Å². The summed E-state index contributed by atoms with van der Waals surface area (Å²) in [4.78, 5) is 25.8. The number of amides is 2. The maximum absolute atomic E-state index is 12.9. The highest BCUT2D eigenvalue weighted by Gasteiger charge is 2.18. The summed E-state index contributed by atoms with van der Waals surface area (Å²) in [6, 6.07) is 21.2. The van der Waals surface area contributed by atoms with Crippen LogP contribution in [0.3, 0.4) is 0 Å². The third-order valence-electron chi connectivity index (χ3n) is 6.47. The smallest absolute Gasteiger partial charge is 0.255 e. The minimum absolute atomic E-state index is 0.325. The summed E-state index contributed by atoms with van der Waals surface area (Å²) in [5, 5.41) is 5.77. The van der Waals surface area contributed by atoms with Gasteiger partial charge in [0, 0.05) is 22.5 Å². The molecule has 0 unspecified atom stereocenters. The Bertz CT molecular complexity index is 1400. The van der Waals surface area contributed by atoms with E-state index in [9.17, 15) is 9.59 Å². The summed E-state index contributed by atoms with van der Waals surface area (Å²) in [7, 11) is 8.98. The van der Waals surface area contributed by atoms with Gasteiger partial charge in [0.1, 0.15) is 0 Å². The fourth-order valence-electron chi connectivity index (χ4n) is 4.32. The van der Waals surface area contributed by atoms with Gasteiger partial charge in [0.15, 0.2) is 23.0 Å². The Morgan fingerprint density at radius 1 is 0.452 bits per heavy atom. The van der Waals surface area contributed by atoms with E-state index in [2.05, 4.69) is 10.6 Å². The van der Waals surface area contributed by atoms with Gasteiger partial charge >= 0.3 is 0 Å². The van der Waals surface area contributed by atoms with Gasteiger partial charge in [-0.2, -0.15) is 0 Å². The van der Waals surface area contributed by atoms with Crippen molar-refractivity contribution in [1.82, 2.24) is 0 Å². The first-order valence-electron chi connectivity index (χ1n) is 12.8. The lowest BCUT2D eigenvalue weighted by atomic mass is 10.0. The van der Waals surface area contributed by atoms with Crippen molar-refractivity contribution in [3.8, 4) is 45.6 Å². The highest BCUT2D eigenvalue weighted by molar-refractivity contribution is 6.06. The summed E-state index contributed by atoms with van der Waals surface area (Å²) in [5.74, 6) is 1.73. The zero-order chi connectivity index (χ0) is 30.2. The molecule has 0 aliphatic heterocycles. The fourth-order valence-corrected chi connectivity index (χ4v) is 4.32. The van der Waals surface area contributed by atoms with Gasteiger partial charge in [0.2, 0.25) is 11.5 Å². The predicted molar refractivity (Wildman–Crippen MR) is 160 cm³/mol. The Balaban J connectivity index is 1.44. The number of hydrogen-bond donors (Lipinski definition) is 2. The Kier molecular flexibility index (Phi) is 9.39. The molecule has 4 rings (SSSR count). The van der Waals surface area contributed by atoms with E-state index < -0.39 is 0 Å². The molecular formula is C32H32N2O8. The molecule has 2 amide bonds. The van der Waals surface area contributed by atoms with Crippen molar-refractivity contribution < 1.29 is 38.0 Å². The summed E-state index contributed by atoms with van der Waals surface area (Å²) >= 11 is 0. The first kappa shape index (κ1) is 29.6. The number of methoxy groups -OCH3 is 6. The minimum Gasteiger partial charge on any atom is -0.493 e. The molecule has 0 bridgehead atoms. The third kappa shape index (κ3) is 6.33. The Morgan fingerprint density at radius 3 is 0.976 bits per heavy atom. The van der Waals surface area contributed by atoms with E-state index in [4.69, 9.17) is 28.4 Å². The normalized spacial score (nSPS) is 10.3. The molecule has 0 saturated heterocycles. The van der Waals surface area contributed by atoms with Crippen LogP contribution in [0, 0.1) is 0 Å². The van der Waals surface area contributed by atoms with Crippen LogP contribution < -0.4 is 39.1 Å². The van der Waals surface area contributed by atoms with Crippen LogP contribution >= 0.6 is 0 Å². The monoisotopic (exact) mass is 572 g/mol. The minimum atomic E-state index is -0.325. The molecule has 10 heteroatoms. The van der Waals surface area contributed by atoms with Gasteiger partial charge in [-0.3, -0.25) is 9.59 Å². The van der Waals surface area contributed by atoms with E-state index in [-0.39, 0.29) is 11.8 Å². The molecule has 4 aromatic carbocycles. The second-order valence-corrected chi connectivity index (χ2v) is 8.89. The maximum atomic E-state index is 12.9. The summed E-state index contributed by atoms with van der Waals surface area (Å²) in [5.41, 5.74) is 3.82. The predicted octanol–water partition coefficient (Wildman–Crippen LogP) is 5.91. The van der Waals surface area contributed by atoms with Crippen LogP contribution in [0.25, 0.3) is 11.1 Å². The topological polar surface area (TPSA) is 114 Å². The first-order valence-corrected chi connectivity index (χ1v) is 12.8. The number of nitrogens with one attached hydrogen (secondary N) is 2. The van der Waals surface area contributed by atoms with Gasteiger partial charge in [0.05, 0.1) is 42.7 Å². The quantitative estimate of drug-likeness (QED) is 0.228. The molecule has 0 aliphatic carbocycles. The van der Waals surface area contributed by atoms with Crippen molar-refractivity contribution >= 4 is 23.2 Å². The number of carbonyl (C=O) groups is 2. The van der Waals surface area contributed by atoms with Crippen molar-refractivity contribution in [3.05, 3.63) is 83.9 Å². The molecule has 0 atom stereocenters. The van der Waals surface area contributed by atoms with E-state index in [0.717, 1.165) is 11.1 Å². The standard InChI is InChI=1S/C32H32N2O8/c1-37-25-15-21(16-26(38-2)29(25)41-5)31(35)33-23-11-7-19(8-12-23)20-9-13-24(14-10-20)34-32(36)22-17-27(39-3)30(42-6)28(18-22)40-4/h7-18H,1-6H3,(H,33,35)(H,34,36). The van der Waals surface area contributed by atoms with Crippen LogP contribution in [-0.2, 0) is 0 Å². The first-order chi connectivity index (χ1) is 20.3. The SMILES string of the molecule is COc1cc(C(=O)Nc2ccc(-c3ccc(NC(=O)c4cc(OC)c(OC)c(OC)c4)cc3)cc2)cc(OC)c1OC. The molecule has 0 aliphatic rings. The molecule has 0 fully saturated rings. The number of hydrogen-bond acceptors (Lipinski definition) is 8. The molecule has 0 aromatic heterocycles. The second-order valence-electron chi connectivity index (χ2n) is 8.89. The van der Waals surface area contributed by atoms with Crippen molar-refractivity contribution in [2.75, 3.05) is 53.3 Å². The van der Waals surface area contributed by atoms with E-state index >= 15 is 0 Å². The molecule has 0 radical (unpaired) electrons. The number of anilines is 2. The molecule has 10 nitrogen and oxygen atoms in total. The van der Waals surface area contributed by atoms with Crippen LogP contribution in [0.15, 0.2) is 72.8 Å². The van der Waals surface area contributed by atoms with Crippen LogP contribution in [0.2, 0.25) is 0 Å². The lowest BCUT2D eigenvalue weighted by Gasteiger charge is -2.14. The van der Waals surface area contributed by atoms with E-state index in [1.807, 2.05) is 48.5 Å². The summed E-state index contributed by atoms with van der Waals surface area (Å²) in [6.45, 7) is 0. The highest BCUT2D eigenvalue weighted by atomic mass is 16.5. The number of benzene rings is 4. The van der Waals surface area contributed by atoms with Crippen LogP contribution in [0.4, 0.5) is 11.4 Å². The zero-order valence-electron chi connectivity index (χ0n) is 24.2. The lowest BCUT2D eigenvalue weighted by Crippen LogP contribution is -2.12. The molecule has 2 N–H and O–H groups in total. The second kappa shape index (κ2) is 13.3. The molecule has 0 saturated carbocycles. The van der Waals surface area contributed by atoms with E-state index in [1.165, 1.54) is 42.7 Å². The number of rotatable bonds is 11. The highest BCUT2D eigenvalue weighted by Crippen LogP contribution is 2.39. The zero-order valence-corrected chi connectivity index (χ0v) is 24.2. The van der Waals surface area contributed by atoms with E-state index in [0.29, 0.717) is 57.0 Å². The Labute approximate surface area is 244 Å². The van der Waals surface area contributed by atoms with Crippen molar-refractivity contribution in [3.63, 3.8) is 0 Å². The van der Waals surface area contributed by atoms with Gasteiger partial charge in [0.25, 0.3) is 11.8 Å². The van der Waals surface area contributed by atoms with Crippen LogP contribution in [0.1, 0.15) is 20.7 Å². The van der Waals surface area contributed by atoms with Crippen molar-refractivity contribution in [1.29, 1.82) is 0 Å². The van der Waals surface area contributed by atoms with Gasteiger partial charge < -0.3 is 39.1 Å². The van der Waals surface area contributed by atoms with Gasteiger partial charge in [-0.1, -0.05) is 24.3 Å². The number of ether oxygens (including phenoxy) is 6.